The van der Waals surface area contributed by atoms with E-state index in [1.54, 1.807) is 60.5 Å². The first-order valence-corrected chi connectivity index (χ1v) is 12.0. The molecule has 8 heteroatoms. The molecule has 3 aromatic rings. The fourth-order valence-electron chi connectivity index (χ4n) is 3.96. The first kappa shape index (κ1) is 24.9. The zero-order valence-electron chi connectivity index (χ0n) is 20.2. The highest BCUT2D eigenvalue weighted by atomic mass is 16.5. The van der Waals surface area contributed by atoms with Crippen LogP contribution in [0.1, 0.15) is 33.6 Å². The number of nitrogens with zero attached hydrogens (tertiary/aromatic N) is 1. The summed E-state index contributed by atoms with van der Waals surface area (Å²) in [6.45, 7) is 1.21. The molecule has 0 spiro atoms. The first-order chi connectivity index (χ1) is 17.5. The lowest BCUT2D eigenvalue weighted by Crippen LogP contribution is -2.31. The average molecular weight is 487 g/mol. The maximum absolute atomic E-state index is 12.9. The van der Waals surface area contributed by atoms with Crippen molar-refractivity contribution >= 4 is 34.8 Å². The highest BCUT2D eigenvalue weighted by molar-refractivity contribution is 6.06. The molecule has 1 unspecified atom stereocenters. The normalized spacial score (nSPS) is 14.6. The van der Waals surface area contributed by atoms with E-state index >= 15 is 0 Å². The lowest BCUT2D eigenvalue weighted by Gasteiger charge is -2.18. The van der Waals surface area contributed by atoms with Crippen molar-refractivity contribution in [3.63, 3.8) is 0 Å². The zero-order chi connectivity index (χ0) is 25.3. The van der Waals surface area contributed by atoms with E-state index < -0.39 is 0 Å². The zero-order valence-corrected chi connectivity index (χ0v) is 20.2. The van der Waals surface area contributed by atoms with Gasteiger partial charge in [0.25, 0.3) is 11.8 Å². The number of para-hydroxylation sites is 1. The highest BCUT2D eigenvalue weighted by Crippen LogP contribution is 2.18. The predicted molar refractivity (Wildman–Crippen MR) is 140 cm³/mol. The predicted octanol–water partition coefficient (Wildman–Crippen LogP) is 3.92. The van der Waals surface area contributed by atoms with E-state index in [0.29, 0.717) is 29.0 Å². The minimum absolute atomic E-state index is 0.00160. The fraction of sp³-hybridized carbons (Fsp3) is 0.250. The van der Waals surface area contributed by atoms with Crippen molar-refractivity contribution in [3.8, 4) is 0 Å². The van der Waals surface area contributed by atoms with Crippen molar-refractivity contribution < 1.29 is 19.1 Å². The van der Waals surface area contributed by atoms with Gasteiger partial charge in [-0.25, -0.2) is 0 Å². The molecule has 3 amide bonds. The number of anilines is 3. The molecule has 1 saturated heterocycles. The molecule has 0 aromatic heterocycles. The van der Waals surface area contributed by atoms with Crippen LogP contribution in [-0.2, 0) is 9.53 Å². The summed E-state index contributed by atoms with van der Waals surface area (Å²) in [6, 6.07) is 23.2. The molecule has 1 aliphatic rings. The Bertz CT molecular complexity index is 1210. The van der Waals surface area contributed by atoms with Gasteiger partial charge in [0.05, 0.1) is 12.6 Å². The number of rotatable bonds is 9. The third kappa shape index (κ3) is 6.70. The van der Waals surface area contributed by atoms with E-state index in [2.05, 4.69) is 16.0 Å². The lowest BCUT2D eigenvalue weighted by atomic mass is 10.1. The Labute approximate surface area is 210 Å². The molecule has 3 N–H and O–H groups in total. The van der Waals surface area contributed by atoms with Gasteiger partial charge in [0, 0.05) is 48.4 Å². The van der Waals surface area contributed by atoms with E-state index in [1.807, 2.05) is 30.3 Å². The van der Waals surface area contributed by atoms with Crippen LogP contribution in [0.3, 0.4) is 0 Å². The quantitative estimate of drug-likeness (QED) is 0.426. The Morgan fingerprint density at radius 1 is 0.917 bits per heavy atom. The molecule has 1 aliphatic heterocycles. The number of amides is 3. The van der Waals surface area contributed by atoms with Crippen LogP contribution >= 0.6 is 0 Å². The van der Waals surface area contributed by atoms with Crippen LogP contribution < -0.4 is 20.9 Å². The number of carbonyl (C=O) groups is 3. The third-order valence-electron chi connectivity index (χ3n) is 5.93. The molecule has 3 aromatic carbocycles. The highest BCUT2D eigenvalue weighted by Gasteiger charge is 2.17. The Morgan fingerprint density at radius 3 is 2.39 bits per heavy atom. The summed E-state index contributed by atoms with van der Waals surface area (Å²) in [7, 11) is 1.72. The number of hydrogen-bond acceptors (Lipinski definition) is 5. The maximum atomic E-state index is 12.9. The maximum Gasteiger partial charge on any atom is 0.258 e. The minimum Gasteiger partial charge on any atom is -0.376 e. The molecule has 0 saturated carbocycles. The van der Waals surface area contributed by atoms with Crippen molar-refractivity contribution in [3.05, 3.63) is 90.0 Å². The van der Waals surface area contributed by atoms with Gasteiger partial charge in [-0.15, -0.1) is 0 Å². The van der Waals surface area contributed by atoms with Gasteiger partial charge < -0.3 is 25.6 Å². The summed E-state index contributed by atoms with van der Waals surface area (Å²) in [4.78, 5) is 39.4. The van der Waals surface area contributed by atoms with Gasteiger partial charge in [-0.05, 0) is 61.4 Å². The largest absolute Gasteiger partial charge is 0.376 e. The number of carbonyl (C=O) groups excluding carboxylic acids is 3. The number of ether oxygens (including phenoxy) is 1. The van der Waals surface area contributed by atoms with Crippen LogP contribution in [0, 0.1) is 0 Å². The monoisotopic (exact) mass is 486 g/mol. The molecule has 4 rings (SSSR count). The van der Waals surface area contributed by atoms with Crippen molar-refractivity contribution in [1.29, 1.82) is 0 Å². The van der Waals surface area contributed by atoms with Crippen LogP contribution in [0.5, 0.6) is 0 Å². The molecule has 0 aliphatic carbocycles. The Hall–Kier alpha value is -4.17. The second kappa shape index (κ2) is 12.0. The Kier molecular flexibility index (Phi) is 8.31. The average Bonchev–Trinajstić information content (AvgIpc) is 3.44. The van der Waals surface area contributed by atoms with Gasteiger partial charge >= 0.3 is 0 Å². The molecule has 1 fully saturated rings. The number of hydrogen-bond donors (Lipinski definition) is 3. The van der Waals surface area contributed by atoms with Gasteiger partial charge in [0.2, 0.25) is 5.91 Å². The molecule has 1 heterocycles. The van der Waals surface area contributed by atoms with Crippen LogP contribution in [0.25, 0.3) is 0 Å². The van der Waals surface area contributed by atoms with Gasteiger partial charge in [-0.2, -0.15) is 0 Å². The van der Waals surface area contributed by atoms with E-state index in [1.165, 1.54) is 0 Å². The topological polar surface area (TPSA) is 99.8 Å². The summed E-state index contributed by atoms with van der Waals surface area (Å²) in [5, 5.41) is 8.73. The van der Waals surface area contributed by atoms with Crippen LogP contribution in [-0.4, -0.2) is 50.6 Å². The van der Waals surface area contributed by atoms with Crippen molar-refractivity contribution in [2.45, 2.75) is 18.9 Å². The van der Waals surface area contributed by atoms with Crippen molar-refractivity contribution in [2.24, 2.45) is 0 Å². The molecule has 36 heavy (non-hydrogen) atoms. The molecular weight excluding hydrogens is 456 g/mol. The third-order valence-corrected chi connectivity index (χ3v) is 5.93. The molecule has 0 bridgehead atoms. The number of nitrogens with one attached hydrogen (secondary N) is 3. The molecular formula is C28H30N4O4. The van der Waals surface area contributed by atoms with Crippen molar-refractivity contribution in [1.82, 2.24) is 5.32 Å². The lowest BCUT2D eigenvalue weighted by molar-refractivity contribution is -0.114. The van der Waals surface area contributed by atoms with Gasteiger partial charge in [-0.1, -0.05) is 30.3 Å². The summed E-state index contributed by atoms with van der Waals surface area (Å²) in [5.41, 5.74) is 2.95. The van der Waals surface area contributed by atoms with E-state index in [4.69, 9.17) is 4.74 Å². The first-order valence-electron chi connectivity index (χ1n) is 12.0. The van der Waals surface area contributed by atoms with Crippen LogP contribution in [0.15, 0.2) is 78.9 Å². The van der Waals surface area contributed by atoms with E-state index in [0.717, 1.165) is 25.1 Å². The summed E-state index contributed by atoms with van der Waals surface area (Å²) >= 11 is 0. The Balaban J connectivity index is 1.29. The molecule has 186 valence electrons. The summed E-state index contributed by atoms with van der Waals surface area (Å²) < 4.78 is 5.53. The summed E-state index contributed by atoms with van der Waals surface area (Å²) in [6.07, 6.45) is 2.03. The van der Waals surface area contributed by atoms with Crippen LogP contribution in [0.2, 0.25) is 0 Å². The second-order valence-electron chi connectivity index (χ2n) is 8.61. The van der Waals surface area contributed by atoms with E-state index in [-0.39, 0.29) is 30.4 Å². The summed E-state index contributed by atoms with van der Waals surface area (Å²) in [5.74, 6) is -0.629. The Morgan fingerprint density at radius 2 is 1.64 bits per heavy atom. The fourth-order valence-corrected chi connectivity index (χ4v) is 3.96. The standard InChI is InChI=1S/C28H30N4O4/c1-32(24-12-3-2-4-13-24)28(35)21-9-6-10-22(17-21)29-19-26(33)31-23-11-5-8-20(16-23)27(34)30-18-25-14-7-15-36-25/h2-6,8-13,16-17,25,29H,7,14-15,18-19H2,1H3,(H,30,34)(H,31,33). The van der Waals surface area contributed by atoms with E-state index in [9.17, 15) is 14.4 Å². The SMILES string of the molecule is CN(C(=O)c1cccc(NCC(=O)Nc2cccc(C(=O)NCC3CCCO3)c2)c1)c1ccccc1. The van der Waals surface area contributed by atoms with Crippen LogP contribution in [0.4, 0.5) is 17.1 Å². The second-order valence-corrected chi connectivity index (χ2v) is 8.61. The van der Waals surface area contributed by atoms with Gasteiger partial charge in [-0.3, -0.25) is 14.4 Å². The molecule has 0 radical (unpaired) electrons. The van der Waals surface area contributed by atoms with Gasteiger partial charge in [0.1, 0.15) is 0 Å². The smallest absolute Gasteiger partial charge is 0.258 e. The van der Waals surface area contributed by atoms with Crippen molar-refractivity contribution in [2.75, 3.05) is 42.3 Å². The molecule has 1 atom stereocenters. The number of benzene rings is 3. The molecule has 8 nitrogen and oxygen atoms in total. The minimum atomic E-state index is -0.273. The van der Waals surface area contributed by atoms with Gasteiger partial charge in [0.15, 0.2) is 0 Å².